The fraction of sp³-hybridized carbons (Fsp3) is 0.562. The highest BCUT2D eigenvalue weighted by Gasteiger charge is 2.25. The number of aliphatic hydroxyl groups is 1. The highest BCUT2D eigenvalue weighted by atomic mass is 16.3. The molecule has 0 atom stereocenters. The number of benzene rings is 1. The van der Waals surface area contributed by atoms with Gasteiger partial charge in [0.1, 0.15) is 0 Å². The summed E-state index contributed by atoms with van der Waals surface area (Å²) in [6.45, 7) is 7.27. The summed E-state index contributed by atoms with van der Waals surface area (Å²) in [6, 6.07) is 7.07. The van der Waals surface area contributed by atoms with Gasteiger partial charge in [0.25, 0.3) is 5.91 Å². The molecular weight excluding hydrogens is 252 g/mol. The lowest BCUT2D eigenvalue weighted by Crippen LogP contribution is -2.50. The van der Waals surface area contributed by atoms with Crippen LogP contribution in [0.2, 0.25) is 0 Å². The molecule has 0 spiro atoms. The highest BCUT2D eigenvalue weighted by molar-refractivity contribution is 5.94. The summed E-state index contributed by atoms with van der Waals surface area (Å²) in [5, 5.41) is 12.1. The van der Waals surface area contributed by atoms with Gasteiger partial charge in [-0.2, -0.15) is 0 Å². The Kier molecular flexibility index (Phi) is 4.78. The van der Waals surface area contributed by atoms with Gasteiger partial charge in [0.15, 0.2) is 0 Å². The molecule has 4 heteroatoms. The number of hydrogen-bond donors (Lipinski definition) is 2. The molecule has 1 saturated heterocycles. The lowest BCUT2D eigenvalue weighted by molar-refractivity contribution is 0.0894. The van der Waals surface area contributed by atoms with E-state index in [1.54, 1.807) is 24.3 Å². The molecule has 20 heavy (non-hydrogen) atoms. The first kappa shape index (κ1) is 15.0. The van der Waals surface area contributed by atoms with Crippen molar-refractivity contribution in [2.75, 3.05) is 19.6 Å². The van der Waals surface area contributed by atoms with Gasteiger partial charge in [0.2, 0.25) is 0 Å². The van der Waals surface area contributed by atoms with E-state index in [0.717, 1.165) is 25.2 Å². The van der Waals surface area contributed by atoms with Crippen molar-refractivity contribution in [3.05, 3.63) is 35.4 Å². The summed E-state index contributed by atoms with van der Waals surface area (Å²) < 4.78 is 0. The van der Waals surface area contributed by atoms with Crippen LogP contribution in [0, 0.1) is 0 Å². The van der Waals surface area contributed by atoms with Crippen LogP contribution in [-0.2, 0) is 6.61 Å². The van der Waals surface area contributed by atoms with Crippen molar-refractivity contribution in [3.8, 4) is 0 Å². The van der Waals surface area contributed by atoms with Crippen molar-refractivity contribution in [2.45, 2.75) is 38.8 Å². The first-order chi connectivity index (χ1) is 9.50. The van der Waals surface area contributed by atoms with Gasteiger partial charge in [-0.1, -0.05) is 12.1 Å². The monoisotopic (exact) mass is 276 g/mol. The average Bonchev–Trinajstić information content (AvgIpc) is 2.90. The van der Waals surface area contributed by atoms with E-state index in [2.05, 4.69) is 24.1 Å². The van der Waals surface area contributed by atoms with Gasteiger partial charge >= 0.3 is 0 Å². The van der Waals surface area contributed by atoms with Crippen molar-refractivity contribution >= 4 is 5.91 Å². The first-order valence-electron chi connectivity index (χ1n) is 7.25. The molecular formula is C16H24N2O2. The van der Waals surface area contributed by atoms with E-state index in [9.17, 15) is 4.79 Å². The number of likely N-dealkylation sites (tertiary alicyclic amines) is 1. The van der Waals surface area contributed by atoms with Crippen LogP contribution in [0.4, 0.5) is 0 Å². The number of aliphatic hydroxyl groups excluding tert-OH is 1. The summed E-state index contributed by atoms with van der Waals surface area (Å²) in [5.41, 5.74) is 1.21. The van der Waals surface area contributed by atoms with Gasteiger partial charge in [-0.15, -0.1) is 0 Å². The Labute approximate surface area is 120 Å². The second kappa shape index (κ2) is 6.37. The predicted octanol–water partition coefficient (Wildman–Crippen LogP) is 1.78. The van der Waals surface area contributed by atoms with Gasteiger partial charge in [-0.25, -0.2) is 0 Å². The maximum absolute atomic E-state index is 12.2. The van der Waals surface area contributed by atoms with E-state index in [4.69, 9.17) is 5.11 Å². The fourth-order valence-corrected chi connectivity index (χ4v) is 2.68. The molecule has 2 N–H and O–H groups in total. The Hall–Kier alpha value is -1.39. The molecule has 1 aromatic rings. The lowest BCUT2D eigenvalue weighted by atomic mass is 10.0. The number of amides is 1. The molecule has 110 valence electrons. The van der Waals surface area contributed by atoms with Gasteiger partial charge < -0.3 is 15.3 Å². The average molecular weight is 276 g/mol. The molecule has 1 fully saturated rings. The van der Waals surface area contributed by atoms with Crippen molar-refractivity contribution in [1.29, 1.82) is 0 Å². The van der Waals surface area contributed by atoms with Crippen LogP contribution in [0.1, 0.15) is 42.6 Å². The van der Waals surface area contributed by atoms with Gasteiger partial charge in [0, 0.05) is 17.6 Å². The minimum atomic E-state index is -0.239. The van der Waals surface area contributed by atoms with Gasteiger partial charge in [-0.3, -0.25) is 4.79 Å². The Morgan fingerprint density at radius 2 is 1.85 bits per heavy atom. The van der Waals surface area contributed by atoms with E-state index in [1.807, 2.05) is 0 Å². The van der Waals surface area contributed by atoms with Crippen molar-refractivity contribution in [3.63, 3.8) is 0 Å². The third-order valence-corrected chi connectivity index (χ3v) is 3.67. The van der Waals surface area contributed by atoms with E-state index in [1.165, 1.54) is 12.8 Å². The summed E-state index contributed by atoms with van der Waals surface area (Å²) in [6.07, 6.45) is 2.51. The van der Waals surface area contributed by atoms with Crippen molar-refractivity contribution in [2.24, 2.45) is 0 Å². The Morgan fingerprint density at radius 3 is 2.40 bits per heavy atom. The standard InChI is InChI=1S/C16H24N2O2/c1-16(2,12-18-9-3-4-10-18)17-15(20)14-7-5-13(11-19)6-8-14/h5-8,19H,3-4,9-12H2,1-2H3,(H,17,20). The van der Waals surface area contributed by atoms with E-state index in [0.29, 0.717) is 5.56 Å². The SMILES string of the molecule is CC(C)(CN1CCCC1)NC(=O)c1ccc(CO)cc1. The molecule has 2 rings (SSSR count). The zero-order valence-corrected chi connectivity index (χ0v) is 12.4. The van der Waals surface area contributed by atoms with E-state index in [-0.39, 0.29) is 18.1 Å². The third-order valence-electron chi connectivity index (χ3n) is 3.67. The summed E-state index contributed by atoms with van der Waals surface area (Å²) >= 11 is 0. The smallest absolute Gasteiger partial charge is 0.251 e. The van der Waals surface area contributed by atoms with Crippen LogP contribution >= 0.6 is 0 Å². The summed E-state index contributed by atoms with van der Waals surface area (Å²) in [4.78, 5) is 14.6. The number of carbonyl (C=O) groups excluding carboxylic acids is 1. The molecule has 0 radical (unpaired) electrons. The van der Waals surface area contributed by atoms with E-state index >= 15 is 0 Å². The molecule has 0 aromatic heterocycles. The minimum Gasteiger partial charge on any atom is -0.392 e. The quantitative estimate of drug-likeness (QED) is 0.862. The molecule has 1 amide bonds. The molecule has 0 aliphatic carbocycles. The van der Waals surface area contributed by atoms with Crippen LogP contribution in [-0.4, -0.2) is 41.1 Å². The van der Waals surface area contributed by atoms with Crippen molar-refractivity contribution in [1.82, 2.24) is 10.2 Å². The van der Waals surface area contributed by atoms with Crippen molar-refractivity contribution < 1.29 is 9.90 Å². The van der Waals surface area contributed by atoms with Crippen LogP contribution in [0.5, 0.6) is 0 Å². The highest BCUT2D eigenvalue weighted by Crippen LogP contribution is 2.14. The maximum atomic E-state index is 12.2. The molecule has 0 saturated carbocycles. The van der Waals surface area contributed by atoms with Crippen LogP contribution in [0.25, 0.3) is 0 Å². The van der Waals surface area contributed by atoms with Gasteiger partial charge in [-0.05, 0) is 57.5 Å². The van der Waals surface area contributed by atoms with Crippen LogP contribution in [0.15, 0.2) is 24.3 Å². The summed E-state index contributed by atoms with van der Waals surface area (Å²) in [5.74, 6) is -0.0568. The molecule has 4 nitrogen and oxygen atoms in total. The number of rotatable bonds is 5. The first-order valence-corrected chi connectivity index (χ1v) is 7.25. The number of nitrogens with zero attached hydrogens (tertiary/aromatic N) is 1. The third kappa shape index (κ3) is 4.05. The second-order valence-corrected chi connectivity index (χ2v) is 6.18. The lowest BCUT2D eigenvalue weighted by Gasteiger charge is -2.31. The Balaban J connectivity index is 1.94. The minimum absolute atomic E-state index is 0.00233. The summed E-state index contributed by atoms with van der Waals surface area (Å²) in [7, 11) is 0. The maximum Gasteiger partial charge on any atom is 0.251 e. The zero-order chi connectivity index (χ0) is 14.6. The van der Waals surface area contributed by atoms with Crippen LogP contribution < -0.4 is 5.32 Å². The van der Waals surface area contributed by atoms with Gasteiger partial charge in [0.05, 0.1) is 6.61 Å². The molecule has 0 unspecified atom stereocenters. The molecule has 1 heterocycles. The largest absolute Gasteiger partial charge is 0.392 e. The topological polar surface area (TPSA) is 52.6 Å². The normalized spacial score (nSPS) is 16.4. The number of nitrogens with one attached hydrogen (secondary N) is 1. The number of hydrogen-bond acceptors (Lipinski definition) is 3. The van der Waals surface area contributed by atoms with E-state index < -0.39 is 0 Å². The van der Waals surface area contributed by atoms with Crippen LogP contribution in [0.3, 0.4) is 0 Å². The Bertz CT molecular complexity index is 448. The molecule has 1 aliphatic heterocycles. The second-order valence-electron chi connectivity index (χ2n) is 6.18. The molecule has 1 aliphatic rings. The number of carbonyl (C=O) groups is 1. The molecule has 1 aromatic carbocycles. The Morgan fingerprint density at radius 1 is 1.25 bits per heavy atom. The predicted molar refractivity (Wildman–Crippen MR) is 79.6 cm³/mol. The fourth-order valence-electron chi connectivity index (χ4n) is 2.68. The molecule has 0 bridgehead atoms. The zero-order valence-electron chi connectivity index (χ0n) is 12.4.